The highest BCUT2D eigenvalue weighted by Gasteiger charge is 2.21. The van der Waals surface area contributed by atoms with E-state index in [4.69, 9.17) is 9.26 Å². The van der Waals surface area contributed by atoms with Crippen LogP contribution in [0.5, 0.6) is 0 Å². The molecule has 0 radical (unpaired) electrons. The van der Waals surface area contributed by atoms with Crippen LogP contribution in [0, 0.1) is 13.8 Å². The van der Waals surface area contributed by atoms with Gasteiger partial charge in [0.15, 0.2) is 0 Å². The number of nitrogens with zero attached hydrogens (tertiary/aromatic N) is 2. The summed E-state index contributed by atoms with van der Waals surface area (Å²) < 4.78 is 11.5. The Morgan fingerprint density at radius 1 is 1.08 bits per heavy atom. The number of aromatic nitrogens is 1. The Morgan fingerprint density at radius 3 is 2.62 bits per heavy atom. The fraction of sp³-hybridized carbons (Fsp3) is 0.318. The van der Waals surface area contributed by atoms with E-state index in [1.54, 1.807) is 0 Å². The highest BCUT2D eigenvalue weighted by molar-refractivity contribution is 5.73. The van der Waals surface area contributed by atoms with Crippen molar-refractivity contribution in [3.63, 3.8) is 0 Å². The molecule has 0 saturated heterocycles. The molecule has 2 aromatic carbocycles. The lowest BCUT2D eigenvalue weighted by atomic mass is 9.95. The first-order valence-corrected chi connectivity index (χ1v) is 9.07. The van der Waals surface area contributed by atoms with E-state index >= 15 is 0 Å². The molecule has 0 saturated carbocycles. The molecule has 0 fully saturated rings. The molecule has 4 rings (SSSR count). The number of hydrogen-bond donors (Lipinski definition) is 0. The van der Waals surface area contributed by atoms with Crippen molar-refractivity contribution >= 4 is 5.69 Å². The Labute approximate surface area is 154 Å². The standard InChI is InChI=1S/C22H24N2O2/c1-15-22(16(2)26-23-15)19-10-9-18-14-21(17-7-5-4-6-8-17)25-12-11-24(3)20(18)13-19/h4-10,13,21H,11-12,14H2,1-3H3. The summed E-state index contributed by atoms with van der Waals surface area (Å²) in [6, 6.07) is 17.1. The maximum Gasteiger partial charge on any atom is 0.141 e. The molecule has 4 heteroatoms. The van der Waals surface area contributed by atoms with Crippen LogP contribution >= 0.6 is 0 Å². The average molecular weight is 348 g/mol. The van der Waals surface area contributed by atoms with E-state index in [2.05, 4.69) is 59.6 Å². The number of rotatable bonds is 2. The molecule has 0 bridgehead atoms. The molecule has 26 heavy (non-hydrogen) atoms. The monoisotopic (exact) mass is 348 g/mol. The number of aryl methyl sites for hydroxylation is 2. The Kier molecular flexibility index (Phi) is 4.51. The molecule has 1 aliphatic rings. The molecule has 4 nitrogen and oxygen atoms in total. The Bertz CT molecular complexity index is 882. The number of likely N-dealkylation sites (N-methyl/N-ethyl adjacent to an activating group) is 1. The molecule has 1 aliphatic heterocycles. The smallest absolute Gasteiger partial charge is 0.141 e. The van der Waals surface area contributed by atoms with Gasteiger partial charge in [-0.05, 0) is 36.6 Å². The van der Waals surface area contributed by atoms with Gasteiger partial charge in [-0.2, -0.15) is 0 Å². The topological polar surface area (TPSA) is 38.5 Å². The zero-order valence-corrected chi connectivity index (χ0v) is 15.5. The summed E-state index contributed by atoms with van der Waals surface area (Å²) in [5.41, 5.74) is 6.98. The largest absolute Gasteiger partial charge is 0.372 e. The van der Waals surface area contributed by atoms with Gasteiger partial charge in [0.05, 0.1) is 18.4 Å². The van der Waals surface area contributed by atoms with Crippen molar-refractivity contribution in [2.45, 2.75) is 26.4 Å². The second-order valence-electron chi connectivity index (χ2n) is 6.94. The minimum absolute atomic E-state index is 0.0913. The maximum atomic E-state index is 6.17. The van der Waals surface area contributed by atoms with E-state index in [0.29, 0.717) is 6.61 Å². The first-order valence-electron chi connectivity index (χ1n) is 9.07. The number of hydrogen-bond acceptors (Lipinski definition) is 4. The lowest BCUT2D eigenvalue weighted by molar-refractivity contribution is 0.0560. The lowest BCUT2D eigenvalue weighted by Gasteiger charge is -2.30. The van der Waals surface area contributed by atoms with Crippen LogP contribution in [-0.2, 0) is 11.2 Å². The van der Waals surface area contributed by atoms with Gasteiger partial charge in [-0.1, -0.05) is 47.6 Å². The second kappa shape index (κ2) is 6.96. The maximum absolute atomic E-state index is 6.17. The average Bonchev–Trinajstić information content (AvgIpc) is 2.98. The molecule has 3 aromatic rings. The minimum atomic E-state index is 0.0913. The first-order chi connectivity index (χ1) is 12.6. The van der Waals surface area contributed by atoms with Crippen LogP contribution in [0.4, 0.5) is 5.69 Å². The third-order valence-electron chi connectivity index (χ3n) is 5.14. The highest BCUT2D eigenvalue weighted by atomic mass is 16.5. The third-order valence-corrected chi connectivity index (χ3v) is 5.14. The van der Waals surface area contributed by atoms with E-state index in [1.165, 1.54) is 16.8 Å². The van der Waals surface area contributed by atoms with Gasteiger partial charge in [0.2, 0.25) is 0 Å². The van der Waals surface area contributed by atoms with Gasteiger partial charge in [0.1, 0.15) is 5.76 Å². The Hall–Kier alpha value is -2.59. The third kappa shape index (κ3) is 3.13. The molecule has 1 unspecified atom stereocenters. The van der Waals surface area contributed by atoms with E-state index in [9.17, 15) is 0 Å². The summed E-state index contributed by atoms with van der Waals surface area (Å²) in [6.07, 6.45) is 0.958. The number of benzene rings is 2. The quantitative estimate of drug-likeness (QED) is 0.672. The van der Waals surface area contributed by atoms with E-state index < -0.39 is 0 Å². The normalized spacial score (nSPS) is 17.5. The zero-order chi connectivity index (χ0) is 18.1. The van der Waals surface area contributed by atoms with Gasteiger partial charge in [0.25, 0.3) is 0 Å². The van der Waals surface area contributed by atoms with Crippen molar-refractivity contribution < 1.29 is 9.26 Å². The summed E-state index contributed by atoms with van der Waals surface area (Å²) in [6.45, 7) is 5.53. The van der Waals surface area contributed by atoms with Crippen LogP contribution in [-0.4, -0.2) is 25.4 Å². The van der Waals surface area contributed by atoms with Gasteiger partial charge in [-0.15, -0.1) is 0 Å². The van der Waals surface area contributed by atoms with E-state index in [1.807, 2.05) is 19.9 Å². The minimum Gasteiger partial charge on any atom is -0.372 e. The van der Waals surface area contributed by atoms with Gasteiger partial charge in [-0.25, -0.2) is 0 Å². The molecule has 1 aromatic heterocycles. The molecule has 1 atom stereocenters. The van der Waals surface area contributed by atoms with Crippen LogP contribution in [0.3, 0.4) is 0 Å². The number of anilines is 1. The van der Waals surface area contributed by atoms with Crippen molar-refractivity contribution in [2.24, 2.45) is 0 Å². The van der Waals surface area contributed by atoms with Crippen LogP contribution in [0.15, 0.2) is 53.1 Å². The van der Waals surface area contributed by atoms with Crippen molar-refractivity contribution in [2.75, 3.05) is 25.1 Å². The molecule has 0 amide bonds. The first kappa shape index (κ1) is 16.9. The zero-order valence-electron chi connectivity index (χ0n) is 15.5. The second-order valence-corrected chi connectivity index (χ2v) is 6.94. The molecular formula is C22H24N2O2. The predicted molar refractivity (Wildman–Crippen MR) is 104 cm³/mol. The number of ether oxygens (including phenoxy) is 1. The van der Waals surface area contributed by atoms with Gasteiger partial charge in [0, 0.05) is 31.3 Å². The molecular weight excluding hydrogens is 324 g/mol. The molecule has 0 N–H and O–H groups in total. The van der Waals surface area contributed by atoms with Crippen LogP contribution in [0.2, 0.25) is 0 Å². The van der Waals surface area contributed by atoms with E-state index in [-0.39, 0.29) is 6.10 Å². The summed E-state index contributed by atoms with van der Waals surface area (Å²) in [7, 11) is 2.13. The summed E-state index contributed by atoms with van der Waals surface area (Å²) in [5, 5.41) is 4.10. The van der Waals surface area contributed by atoms with Crippen LogP contribution in [0.1, 0.15) is 28.7 Å². The summed E-state index contributed by atoms with van der Waals surface area (Å²) in [5.74, 6) is 0.862. The molecule has 2 heterocycles. The van der Waals surface area contributed by atoms with Gasteiger partial charge >= 0.3 is 0 Å². The Balaban J connectivity index is 1.73. The van der Waals surface area contributed by atoms with Gasteiger partial charge < -0.3 is 14.2 Å². The van der Waals surface area contributed by atoms with E-state index in [0.717, 1.165) is 35.5 Å². The summed E-state index contributed by atoms with van der Waals surface area (Å²) in [4.78, 5) is 2.28. The predicted octanol–water partition coefficient (Wildman–Crippen LogP) is 4.71. The van der Waals surface area contributed by atoms with Crippen molar-refractivity contribution in [1.29, 1.82) is 0 Å². The van der Waals surface area contributed by atoms with Crippen molar-refractivity contribution in [3.8, 4) is 11.1 Å². The molecule has 0 spiro atoms. The fourth-order valence-corrected chi connectivity index (χ4v) is 3.74. The van der Waals surface area contributed by atoms with Crippen molar-refractivity contribution in [3.05, 3.63) is 71.1 Å². The van der Waals surface area contributed by atoms with Gasteiger partial charge in [-0.3, -0.25) is 0 Å². The fourth-order valence-electron chi connectivity index (χ4n) is 3.74. The Morgan fingerprint density at radius 2 is 1.88 bits per heavy atom. The molecule has 0 aliphatic carbocycles. The number of fused-ring (bicyclic) bond motifs is 1. The highest BCUT2D eigenvalue weighted by Crippen LogP contribution is 2.35. The summed E-state index contributed by atoms with van der Waals surface area (Å²) >= 11 is 0. The molecule has 134 valence electrons. The van der Waals surface area contributed by atoms with Crippen LogP contribution in [0.25, 0.3) is 11.1 Å². The van der Waals surface area contributed by atoms with Crippen LogP contribution < -0.4 is 4.90 Å². The lowest BCUT2D eigenvalue weighted by Crippen LogP contribution is -2.28. The SMILES string of the molecule is Cc1noc(C)c1-c1ccc2c(c1)N(C)CCOC(c1ccccc1)C2. The van der Waals surface area contributed by atoms with Crippen molar-refractivity contribution in [1.82, 2.24) is 5.16 Å².